The molecule has 1 nitrogen and oxygen atoms in total. The smallest absolute Gasteiger partial charge is 0.00391 e. The Labute approximate surface area is 99.3 Å². The third-order valence-electron chi connectivity index (χ3n) is 3.65. The molecule has 0 amide bonds. The molecule has 0 aliphatic carbocycles. The van der Waals surface area contributed by atoms with Crippen molar-refractivity contribution in [2.75, 3.05) is 6.54 Å². The van der Waals surface area contributed by atoms with Crippen LogP contribution in [0.4, 0.5) is 0 Å². The molecule has 0 bridgehead atoms. The predicted molar refractivity (Wildman–Crippen MR) is 69.9 cm³/mol. The minimum atomic E-state index is 0.704. The number of hydrogen-bond donors (Lipinski definition) is 1. The van der Waals surface area contributed by atoms with Crippen LogP contribution in [0.15, 0.2) is 24.3 Å². The molecule has 1 aromatic carbocycles. The second kappa shape index (κ2) is 5.49. The zero-order valence-corrected chi connectivity index (χ0v) is 10.5. The van der Waals surface area contributed by atoms with Gasteiger partial charge in [0.1, 0.15) is 0 Å². The first-order chi connectivity index (χ1) is 7.79. The molecule has 0 radical (unpaired) electrons. The highest BCUT2D eigenvalue weighted by atomic mass is 14.9. The standard InChI is InChI=1S/C15H23N/c1-3-4-13-6-9-14(10-7-13)15-8-5-12(2)16-11-15/h6-7,9-10,12,15-16H,3-5,8,11H2,1-2H3. The summed E-state index contributed by atoms with van der Waals surface area (Å²) in [6.07, 6.45) is 5.09. The molecule has 0 spiro atoms. The van der Waals surface area contributed by atoms with Gasteiger partial charge in [0, 0.05) is 12.6 Å². The Hall–Kier alpha value is -0.820. The van der Waals surface area contributed by atoms with Crippen LogP contribution in [0.3, 0.4) is 0 Å². The molecule has 88 valence electrons. The molecule has 1 N–H and O–H groups in total. The molecule has 1 aliphatic heterocycles. The molecule has 2 rings (SSSR count). The van der Waals surface area contributed by atoms with Gasteiger partial charge in [-0.05, 0) is 43.2 Å². The highest BCUT2D eigenvalue weighted by Crippen LogP contribution is 2.25. The average molecular weight is 217 g/mol. The molecule has 1 fully saturated rings. The Morgan fingerprint density at radius 2 is 1.94 bits per heavy atom. The molecule has 1 aromatic rings. The van der Waals surface area contributed by atoms with Gasteiger partial charge in [-0.25, -0.2) is 0 Å². The van der Waals surface area contributed by atoms with Crippen LogP contribution in [0.5, 0.6) is 0 Å². The fourth-order valence-electron chi connectivity index (χ4n) is 2.53. The zero-order chi connectivity index (χ0) is 11.4. The summed E-state index contributed by atoms with van der Waals surface area (Å²) in [4.78, 5) is 0. The molecule has 1 saturated heterocycles. The number of hydrogen-bond acceptors (Lipinski definition) is 1. The van der Waals surface area contributed by atoms with Gasteiger partial charge in [-0.15, -0.1) is 0 Å². The van der Waals surface area contributed by atoms with E-state index in [4.69, 9.17) is 0 Å². The maximum atomic E-state index is 3.57. The molecular weight excluding hydrogens is 194 g/mol. The highest BCUT2D eigenvalue weighted by Gasteiger charge is 2.18. The van der Waals surface area contributed by atoms with Crippen LogP contribution in [0.25, 0.3) is 0 Å². The summed E-state index contributed by atoms with van der Waals surface area (Å²) in [5.41, 5.74) is 2.99. The second-order valence-corrected chi connectivity index (χ2v) is 5.08. The normalized spacial score (nSPS) is 25.6. The van der Waals surface area contributed by atoms with Crippen LogP contribution in [-0.4, -0.2) is 12.6 Å². The quantitative estimate of drug-likeness (QED) is 0.817. The van der Waals surface area contributed by atoms with E-state index in [0.29, 0.717) is 6.04 Å². The molecule has 1 aliphatic rings. The first-order valence-corrected chi connectivity index (χ1v) is 6.62. The van der Waals surface area contributed by atoms with Crippen LogP contribution in [0.1, 0.15) is 50.2 Å². The van der Waals surface area contributed by atoms with Crippen molar-refractivity contribution in [1.29, 1.82) is 0 Å². The van der Waals surface area contributed by atoms with Gasteiger partial charge in [-0.1, -0.05) is 37.6 Å². The summed E-state index contributed by atoms with van der Waals surface area (Å²) in [5.74, 6) is 0.729. The third kappa shape index (κ3) is 2.85. The maximum absolute atomic E-state index is 3.57. The zero-order valence-electron chi connectivity index (χ0n) is 10.5. The molecule has 2 atom stereocenters. The first kappa shape index (κ1) is 11.7. The number of piperidine rings is 1. The summed E-state index contributed by atoms with van der Waals surface area (Å²) >= 11 is 0. The van der Waals surface area contributed by atoms with E-state index in [1.165, 1.54) is 36.8 Å². The Bertz CT molecular complexity index is 307. The lowest BCUT2D eigenvalue weighted by atomic mass is 9.88. The largest absolute Gasteiger partial charge is 0.314 e. The second-order valence-electron chi connectivity index (χ2n) is 5.08. The fourth-order valence-corrected chi connectivity index (χ4v) is 2.53. The van der Waals surface area contributed by atoms with Crippen molar-refractivity contribution in [3.8, 4) is 0 Å². The van der Waals surface area contributed by atoms with E-state index in [1.54, 1.807) is 0 Å². The van der Waals surface area contributed by atoms with Gasteiger partial charge in [0.05, 0.1) is 0 Å². The number of rotatable bonds is 3. The van der Waals surface area contributed by atoms with Gasteiger partial charge in [0.25, 0.3) is 0 Å². The lowest BCUT2D eigenvalue weighted by molar-refractivity contribution is 0.385. The van der Waals surface area contributed by atoms with Gasteiger partial charge in [-0.3, -0.25) is 0 Å². The van der Waals surface area contributed by atoms with E-state index < -0.39 is 0 Å². The van der Waals surface area contributed by atoms with Crippen molar-refractivity contribution in [3.05, 3.63) is 35.4 Å². The van der Waals surface area contributed by atoms with Gasteiger partial charge in [0.15, 0.2) is 0 Å². The van der Waals surface area contributed by atoms with E-state index in [1.807, 2.05) is 0 Å². The number of nitrogens with one attached hydrogen (secondary N) is 1. The summed E-state index contributed by atoms with van der Waals surface area (Å²) in [5, 5.41) is 3.57. The van der Waals surface area contributed by atoms with Crippen LogP contribution in [-0.2, 0) is 6.42 Å². The molecular formula is C15H23N. The van der Waals surface area contributed by atoms with Crippen LogP contribution in [0.2, 0.25) is 0 Å². The minimum absolute atomic E-state index is 0.704. The van der Waals surface area contributed by atoms with E-state index in [0.717, 1.165) is 12.5 Å². The summed E-state index contributed by atoms with van der Waals surface area (Å²) in [6, 6.07) is 9.96. The first-order valence-electron chi connectivity index (χ1n) is 6.62. The van der Waals surface area contributed by atoms with Gasteiger partial charge in [-0.2, -0.15) is 0 Å². The van der Waals surface area contributed by atoms with Crippen LogP contribution >= 0.6 is 0 Å². The molecule has 1 heteroatoms. The minimum Gasteiger partial charge on any atom is -0.314 e. The van der Waals surface area contributed by atoms with Crippen LogP contribution in [0, 0.1) is 0 Å². The summed E-state index contributed by atoms with van der Waals surface area (Å²) in [7, 11) is 0. The lowest BCUT2D eigenvalue weighted by Gasteiger charge is -2.28. The van der Waals surface area contributed by atoms with Gasteiger partial charge in [0.2, 0.25) is 0 Å². The molecule has 2 unspecified atom stereocenters. The lowest BCUT2D eigenvalue weighted by Crippen LogP contribution is -2.35. The SMILES string of the molecule is CCCc1ccc(C2CCC(C)NC2)cc1. The Kier molecular flexibility index (Phi) is 4.00. The van der Waals surface area contributed by atoms with E-state index in [-0.39, 0.29) is 0 Å². The van der Waals surface area contributed by atoms with Crippen molar-refractivity contribution in [3.63, 3.8) is 0 Å². The van der Waals surface area contributed by atoms with Gasteiger partial charge >= 0.3 is 0 Å². The maximum Gasteiger partial charge on any atom is 0.00391 e. The van der Waals surface area contributed by atoms with Crippen LogP contribution < -0.4 is 5.32 Å². The molecule has 16 heavy (non-hydrogen) atoms. The Morgan fingerprint density at radius 3 is 2.50 bits per heavy atom. The summed E-state index contributed by atoms with van der Waals surface area (Å²) in [6.45, 7) is 5.66. The molecule has 0 aromatic heterocycles. The Balaban J connectivity index is 1.98. The Morgan fingerprint density at radius 1 is 1.19 bits per heavy atom. The average Bonchev–Trinajstić information content (AvgIpc) is 2.32. The summed E-state index contributed by atoms with van der Waals surface area (Å²) < 4.78 is 0. The van der Waals surface area contributed by atoms with Crippen molar-refractivity contribution in [2.45, 2.75) is 51.5 Å². The predicted octanol–water partition coefficient (Wildman–Crippen LogP) is 3.49. The molecule has 0 saturated carbocycles. The third-order valence-corrected chi connectivity index (χ3v) is 3.65. The van der Waals surface area contributed by atoms with E-state index in [9.17, 15) is 0 Å². The van der Waals surface area contributed by atoms with E-state index in [2.05, 4.69) is 43.4 Å². The van der Waals surface area contributed by atoms with Crippen molar-refractivity contribution in [1.82, 2.24) is 5.32 Å². The monoisotopic (exact) mass is 217 g/mol. The molecule has 1 heterocycles. The highest BCUT2D eigenvalue weighted by molar-refractivity contribution is 5.26. The number of benzene rings is 1. The van der Waals surface area contributed by atoms with Crippen molar-refractivity contribution in [2.24, 2.45) is 0 Å². The van der Waals surface area contributed by atoms with E-state index >= 15 is 0 Å². The fraction of sp³-hybridized carbons (Fsp3) is 0.600. The topological polar surface area (TPSA) is 12.0 Å². The number of aryl methyl sites for hydroxylation is 1. The van der Waals surface area contributed by atoms with Gasteiger partial charge < -0.3 is 5.32 Å². The van der Waals surface area contributed by atoms with Crippen molar-refractivity contribution >= 4 is 0 Å². The van der Waals surface area contributed by atoms with Crippen molar-refractivity contribution < 1.29 is 0 Å².